The van der Waals surface area contributed by atoms with Gasteiger partial charge < -0.3 is 9.15 Å². The van der Waals surface area contributed by atoms with Crippen molar-refractivity contribution >= 4 is 16.0 Å². The summed E-state index contributed by atoms with van der Waals surface area (Å²) in [4.78, 5) is 16.1. The molecular formula is C18H22N2O5S. The molecule has 1 fully saturated rings. The van der Waals surface area contributed by atoms with E-state index in [1.54, 1.807) is 12.4 Å². The SMILES string of the molecule is O=C(OCCCc1cccnc1)c1ccc(S(=O)(=O)N2CCCCC2)o1. The zero-order chi connectivity index (χ0) is 18.4. The first-order valence-electron chi connectivity index (χ1n) is 8.73. The van der Waals surface area contributed by atoms with E-state index >= 15 is 0 Å². The number of ether oxygens (including phenoxy) is 1. The lowest BCUT2D eigenvalue weighted by molar-refractivity contribution is 0.0458. The highest BCUT2D eigenvalue weighted by molar-refractivity contribution is 7.89. The van der Waals surface area contributed by atoms with Crippen molar-refractivity contribution in [3.05, 3.63) is 48.0 Å². The quantitative estimate of drug-likeness (QED) is 0.543. The summed E-state index contributed by atoms with van der Waals surface area (Å²) >= 11 is 0. The second-order valence-electron chi connectivity index (χ2n) is 6.18. The van der Waals surface area contributed by atoms with Crippen molar-refractivity contribution in [2.75, 3.05) is 19.7 Å². The van der Waals surface area contributed by atoms with E-state index in [2.05, 4.69) is 4.98 Å². The molecule has 0 bridgehead atoms. The van der Waals surface area contributed by atoms with Gasteiger partial charge in [-0.2, -0.15) is 4.31 Å². The third-order valence-corrected chi connectivity index (χ3v) is 6.03. The van der Waals surface area contributed by atoms with Gasteiger partial charge in [-0.15, -0.1) is 0 Å². The molecular weight excluding hydrogens is 356 g/mol. The van der Waals surface area contributed by atoms with E-state index in [9.17, 15) is 13.2 Å². The summed E-state index contributed by atoms with van der Waals surface area (Å²) in [6, 6.07) is 6.48. The van der Waals surface area contributed by atoms with Crippen molar-refractivity contribution in [2.45, 2.75) is 37.2 Å². The van der Waals surface area contributed by atoms with E-state index in [0.717, 1.165) is 31.2 Å². The fourth-order valence-corrected chi connectivity index (χ4v) is 4.29. The van der Waals surface area contributed by atoms with Crippen LogP contribution in [-0.2, 0) is 21.2 Å². The first-order chi connectivity index (χ1) is 12.6. The van der Waals surface area contributed by atoms with Crippen LogP contribution in [0.2, 0.25) is 0 Å². The van der Waals surface area contributed by atoms with Crippen LogP contribution in [0, 0.1) is 0 Å². The highest BCUT2D eigenvalue weighted by Crippen LogP contribution is 2.22. The third kappa shape index (κ3) is 4.50. The number of esters is 1. The molecule has 0 aromatic carbocycles. The zero-order valence-corrected chi connectivity index (χ0v) is 15.3. The topological polar surface area (TPSA) is 89.7 Å². The Kier molecular flexibility index (Phi) is 6.05. The standard InChI is InChI=1S/C18H22N2O5S/c21-18(24-13-5-7-15-6-4-10-19-14-15)16-8-9-17(25-16)26(22,23)20-11-2-1-3-12-20/h4,6,8-10,14H,1-3,5,7,11-13H2. The van der Waals surface area contributed by atoms with E-state index in [0.29, 0.717) is 19.5 Å². The molecule has 2 aromatic heterocycles. The lowest BCUT2D eigenvalue weighted by atomic mass is 10.2. The molecule has 3 heterocycles. The first kappa shape index (κ1) is 18.6. The molecule has 0 saturated carbocycles. The second-order valence-corrected chi connectivity index (χ2v) is 8.05. The van der Waals surface area contributed by atoms with Gasteiger partial charge in [0, 0.05) is 25.5 Å². The summed E-state index contributed by atoms with van der Waals surface area (Å²) in [5, 5.41) is -0.207. The van der Waals surface area contributed by atoms with Gasteiger partial charge in [-0.05, 0) is 49.4 Å². The maximum absolute atomic E-state index is 12.5. The zero-order valence-electron chi connectivity index (χ0n) is 14.5. The summed E-state index contributed by atoms with van der Waals surface area (Å²) in [5.74, 6) is -0.752. The molecule has 1 aliphatic heterocycles. The molecule has 0 aliphatic carbocycles. The van der Waals surface area contributed by atoms with Crippen LogP contribution in [0.15, 0.2) is 46.2 Å². The molecule has 1 saturated heterocycles. The van der Waals surface area contributed by atoms with Crippen LogP contribution in [0.5, 0.6) is 0 Å². The molecule has 0 radical (unpaired) electrons. The Morgan fingerprint density at radius 1 is 1.19 bits per heavy atom. The minimum Gasteiger partial charge on any atom is -0.460 e. The minimum absolute atomic E-state index is 0.0954. The Morgan fingerprint density at radius 2 is 2.00 bits per heavy atom. The summed E-state index contributed by atoms with van der Waals surface area (Å²) in [7, 11) is -3.68. The number of rotatable bonds is 7. The number of sulfonamides is 1. The smallest absolute Gasteiger partial charge is 0.374 e. The van der Waals surface area contributed by atoms with Crippen LogP contribution in [0.25, 0.3) is 0 Å². The molecule has 0 spiro atoms. The van der Waals surface area contributed by atoms with Crippen LogP contribution in [0.4, 0.5) is 0 Å². The van der Waals surface area contributed by atoms with Gasteiger partial charge in [-0.1, -0.05) is 12.5 Å². The summed E-state index contributed by atoms with van der Waals surface area (Å²) in [6.45, 7) is 1.19. The van der Waals surface area contributed by atoms with Gasteiger partial charge in [0.05, 0.1) is 6.61 Å². The van der Waals surface area contributed by atoms with Gasteiger partial charge in [0.1, 0.15) is 0 Å². The molecule has 8 heteroatoms. The van der Waals surface area contributed by atoms with E-state index < -0.39 is 16.0 Å². The van der Waals surface area contributed by atoms with Gasteiger partial charge in [-0.25, -0.2) is 13.2 Å². The number of hydrogen-bond acceptors (Lipinski definition) is 6. The van der Waals surface area contributed by atoms with Gasteiger partial charge in [-0.3, -0.25) is 4.98 Å². The highest BCUT2D eigenvalue weighted by atomic mass is 32.2. The minimum atomic E-state index is -3.68. The summed E-state index contributed by atoms with van der Waals surface area (Å²) in [6.07, 6.45) is 7.57. The number of furan rings is 1. The van der Waals surface area contributed by atoms with Crippen molar-refractivity contribution in [1.29, 1.82) is 0 Å². The van der Waals surface area contributed by atoms with Crippen LogP contribution < -0.4 is 0 Å². The average molecular weight is 378 g/mol. The van der Waals surface area contributed by atoms with Gasteiger partial charge in [0.25, 0.3) is 10.0 Å². The Balaban J connectivity index is 1.52. The third-order valence-electron chi connectivity index (χ3n) is 4.26. The molecule has 140 valence electrons. The highest BCUT2D eigenvalue weighted by Gasteiger charge is 2.29. The number of piperidine rings is 1. The molecule has 3 rings (SSSR count). The van der Waals surface area contributed by atoms with Crippen LogP contribution in [-0.4, -0.2) is 43.4 Å². The van der Waals surface area contributed by atoms with Crippen LogP contribution in [0.1, 0.15) is 41.8 Å². The van der Waals surface area contributed by atoms with E-state index in [1.807, 2.05) is 12.1 Å². The number of aromatic nitrogens is 1. The predicted octanol–water partition coefficient (Wildman–Crippen LogP) is 2.64. The fourth-order valence-electron chi connectivity index (χ4n) is 2.86. The number of carbonyl (C=O) groups is 1. The van der Waals surface area contributed by atoms with Crippen molar-refractivity contribution in [3.63, 3.8) is 0 Å². The van der Waals surface area contributed by atoms with Crippen molar-refractivity contribution in [2.24, 2.45) is 0 Å². The molecule has 2 aromatic rings. The van der Waals surface area contributed by atoms with Crippen molar-refractivity contribution in [3.8, 4) is 0 Å². The monoisotopic (exact) mass is 378 g/mol. The Hall–Kier alpha value is -2.19. The normalized spacial score (nSPS) is 15.7. The first-order valence-corrected chi connectivity index (χ1v) is 10.2. The molecule has 7 nitrogen and oxygen atoms in total. The maximum atomic E-state index is 12.5. The fraction of sp³-hybridized carbons (Fsp3) is 0.444. The molecule has 0 atom stereocenters. The number of hydrogen-bond donors (Lipinski definition) is 0. The van der Waals surface area contributed by atoms with Gasteiger partial charge in [0.2, 0.25) is 10.9 Å². The van der Waals surface area contributed by atoms with Crippen LogP contribution >= 0.6 is 0 Å². The lowest BCUT2D eigenvalue weighted by Crippen LogP contribution is -2.35. The van der Waals surface area contributed by atoms with Crippen LogP contribution in [0.3, 0.4) is 0 Å². The van der Waals surface area contributed by atoms with Gasteiger partial charge in [0.15, 0.2) is 0 Å². The average Bonchev–Trinajstić information content (AvgIpc) is 3.18. The molecule has 1 aliphatic rings. The van der Waals surface area contributed by atoms with Gasteiger partial charge >= 0.3 is 5.97 Å². The molecule has 26 heavy (non-hydrogen) atoms. The number of aryl methyl sites for hydroxylation is 1. The Labute approximate surface area is 153 Å². The largest absolute Gasteiger partial charge is 0.460 e. The number of pyridine rings is 1. The van der Waals surface area contributed by atoms with E-state index in [1.165, 1.54) is 16.4 Å². The lowest BCUT2D eigenvalue weighted by Gasteiger charge is -2.24. The maximum Gasteiger partial charge on any atom is 0.374 e. The second kappa shape index (κ2) is 8.46. The molecule has 0 amide bonds. The summed E-state index contributed by atoms with van der Waals surface area (Å²) in [5.41, 5.74) is 1.07. The molecule has 0 unspecified atom stereocenters. The number of carbonyl (C=O) groups excluding carboxylic acids is 1. The van der Waals surface area contributed by atoms with E-state index in [-0.39, 0.29) is 17.5 Å². The van der Waals surface area contributed by atoms with Crippen molar-refractivity contribution in [1.82, 2.24) is 9.29 Å². The summed E-state index contributed by atoms with van der Waals surface area (Å²) < 4.78 is 36.9. The van der Waals surface area contributed by atoms with Crippen molar-refractivity contribution < 1.29 is 22.4 Å². The Bertz CT molecular complexity index is 826. The number of nitrogens with zero attached hydrogens (tertiary/aromatic N) is 2. The molecule has 0 N–H and O–H groups in total. The predicted molar refractivity (Wildman–Crippen MR) is 94.2 cm³/mol. The van der Waals surface area contributed by atoms with E-state index in [4.69, 9.17) is 9.15 Å². The Morgan fingerprint density at radius 3 is 2.73 bits per heavy atom.